The van der Waals surface area contributed by atoms with Crippen molar-refractivity contribution in [2.45, 2.75) is 38.7 Å². The molecular formula is C13H20O2S. The molecule has 1 aliphatic rings. The first-order valence-electron chi connectivity index (χ1n) is 5.85. The van der Waals surface area contributed by atoms with Gasteiger partial charge in [-0.25, -0.2) is 0 Å². The maximum absolute atomic E-state index is 9.29. The van der Waals surface area contributed by atoms with Gasteiger partial charge in [-0.15, -0.1) is 11.3 Å². The second-order valence-electron chi connectivity index (χ2n) is 5.47. The van der Waals surface area contributed by atoms with Crippen molar-refractivity contribution in [3.8, 4) is 0 Å². The summed E-state index contributed by atoms with van der Waals surface area (Å²) in [4.78, 5) is 2.65. The molecule has 0 aromatic carbocycles. The van der Waals surface area contributed by atoms with Crippen molar-refractivity contribution in [1.29, 1.82) is 0 Å². The molecule has 2 atom stereocenters. The van der Waals surface area contributed by atoms with Crippen LogP contribution < -0.4 is 0 Å². The van der Waals surface area contributed by atoms with Gasteiger partial charge >= 0.3 is 0 Å². The molecule has 1 aromatic heterocycles. The highest BCUT2D eigenvalue weighted by atomic mass is 32.1. The van der Waals surface area contributed by atoms with Crippen LogP contribution in [0, 0.1) is 5.92 Å². The molecule has 0 spiro atoms. The Morgan fingerprint density at radius 2 is 2.19 bits per heavy atom. The van der Waals surface area contributed by atoms with Crippen LogP contribution in [0.3, 0.4) is 0 Å². The van der Waals surface area contributed by atoms with Gasteiger partial charge in [0.25, 0.3) is 0 Å². The smallest absolute Gasteiger partial charge is 0.0967 e. The van der Waals surface area contributed by atoms with E-state index in [1.54, 1.807) is 0 Å². The van der Waals surface area contributed by atoms with Crippen LogP contribution in [0.4, 0.5) is 0 Å². The molecule has 90 valence electrons. The number of hydrogen-bond acceptors (Lipinski definition) is 3. The Balaban J connectivity index is 2.18. The van der Waals surface area contributed by atoms with Crippen LogP contribution in [0.15, 0.2) is 12.1 Å². The van der Waals surface area contributed by atoms with Crippen molar-refractivity contribution in [1.82, 2.24) is 0 Å². The van der Waals surface area contributed by atoms with E-state index >= 15 is 0 Å². The van der Waals surface area contributed by atoms with E-state index in [0.717, 1.165) is 13.0 Å². The van der Waals surface area contributed by atoms with E-state index in [0.29, 0.717) is 0 Å². The van der Waals surface area contributed by atoms with E-state index in [2.05, 4.69) is 32.9 Å². The summed E-state index contributed by atoms with van der Waals surface area (Å²) in [5.74, 6) is 0.284. The van der Waals surface area contributed by atoms with E-state index in [4.69, 9.17) is 4.74 Å². The van der Waals surface area contributed by atoms with Gasteiger partial charge in [-0.2, -0.15) is 0 Å². The third-order valence-electron chi connectivity index (χ3n) is 3.10. The third kappa shape index (κ3) is 2.31. The molecule has 0 amide bonds. The molecule has 0 saturated carbocycles. The molecule has 16 heavy (non-hydrogen) atoms. The normalized spacial score (nSPS) is 26.2. The topological polar surface area (TPSA) is 29.5 Å². The number of aliphatic hydroxyl groups is 1. The van der Waals surface area contributed by atoms with Gasteiger partial charge in [0, 0.05) is 28.9 Å². The molecule has 3 heteroatoms. The van der Waals surface area contributed by atoms with Crippen LogP contribution in [0.5, 0.6) is 0 Å². The Bertz CT molecular complexity index is 351. The van der Waals surface area contributed by atoms with Gasteiger partial charge in [0.2, 0.25) is 0 Å². The van der Waals surface area contributed by atoms with E-state index < -0.39 is 0 Å². The molecule has 1 aromatic rings. The van der Waals surface area contributed by atoms with E-state index in [1.165, 1.54) is 9.75 Å². The Morgan fingerprint density at radius 1 is 1.44 bits per heavy atom. The third-order valence-corrected chi connectivity index (χ3v) is 4.67. The fourth-order valence-corrected chi connectivity index (χ4v) is 3.25. The second kappa shape index (κ2) is 4.47. The minimum absolute atomic E-state index is 0.117. The maximum atomic E-state index is 9.29. The predicted molar refractivity (Wildman–Crippen MR) is 66.9 cm³/mol. The zero-order chi connectivity index (χ0) is 11.8. The van der Waals surface area contributed by atoms with Gasteiger partial charge in [0.1, 0.15) is 0 Å². The van der Waals surface area contributed by atoms with Crippen molar-refractivity contribution < 1.29 is 9.84 Å². The lowest BCUT2D eigenvalue weighted by Crippen LogP contribution is -2.10. The molecular weight excluding hydrogens is 220 g/mol. The molecule has 1 aliphatic heterocycles. The summed E-state index contributed by atoms with van der Waals surface area (Å²) in [5, 5.41) is 9.29. The number of hydrogen-bond donors (Lipinski definition) is 1. The number of ether oxygens (including phenoxy) is 1. The lowest BCUT2D eigenvalue weighted by atomic mass is 9.95. The van der Waals surface area contributed by atoms with Crippen LogP contribution in [-0.4, -0.2) is 18.3 Å². The minimum atomic E-state index is 0.117. The standard InChI is InChI=1S/C13H20O2S/c1-13(2,3)11-5-4-10(16-11)12-9(8-14)6-7-15-12/h4-5,9,12,14H,6-8H2,1-3H3. The molecule has 1 fully saturated rings. The first kappa shape index (κ1) is 12.1. The minimum Gasteiger partial charge on any atom is -0.396 e. The van der Waals surface area contributed by atoms with Gasteiger partial charge in [-0.3, -0.25) is 0 Å². The fraction of sp³-hybridized carbons (Fsp3) is 0.692. The lowest BCUT2D eigenvalue weighted by Gasteiger charge is -2.17. The highest BCUT2D eigenvalue weighted by molar-refractivity contribution is 7.12. The first-order chi connectivity index (χ1) is 7.52. The highest BCUT2D eigenvalue weighted by Gasteiger charge is 2.31. The highest BCUT2D eigenvalue weighted by Crippen LogP contribution is 2.40. The molecule has 1 N–H and O–H groups in total. The first-order valence-corrected chi connectivity index (χ1v) is 6.66. The molecule has 2 rings (SSSR count). The van der Waals surface area contributed by atoms with Crippen molar-refractivity contribution in [3.63, 3.8) is 0 Å². The van der Waals surface area contributed by atoms with Gasteiger partial charge in [0.05, 0.1) is 6.10 Å². The zero-order valence-corrected chi connectivity index (χ0v) is 11.0. The number of aliphatic hydroxyl groups excluding tert-OH is 1. The molecule has 2 unspecified atom stereocenters. The monoisotopic (exact) mass is 240 g/mol. The Hall–Kier alpha value is -0.380. The molecule has 1 saturated heterocycles. The predicted octanol–water partition coefficient (Wildman–Crippen LogP) is 3.12. The van der Waals surface area contributed by atoms with Crippen LogP contribution in [0.25, 0.3) is 0 Å². The quantitative estimate of drug-likeness (QED) is 0.860. The summed E-state index contributed by atoms with van der Waals surface area (Å²) in [6, 6.07) is 4.35. The van der Waals surface area contributed by atoms with Gasteiger partial charge in [-0.05, 0) is 24.0 Å². The Kier molecular flexibility index (Phi) is 3.38. The maximum Gasteiger partial charge on any atom is 0.0967 e. The van der Waals surface area contributed by atoms with Crippen molar-refractivity contribution in [3.05, 3.63) is 21.9 Å². The van der Waals surface area contributed by atoms with Gasteiger partial charge in [-0.1, -0.05) is 20.8 Å². The Morgan fingerprint density at radius 3 is 2.75 bits per heavy atom. The van der Waals surface area contributed by atoms with Crippen LogP contribution in [0.1, 0.15) is 43.1 Å². The van der Waals surface area contributed by atoms with Crippen LogP contribution >= 0.6 is 11.3 Å². The van der Waals surface area contributed by atoms with Crippen molar-refractivity contribution >= 4 is 11.3 Å². The van der Waals surface area contributed by atoms with Gasteiger partial charge in [0.15, 0.2) is 0 Å². The largest absolute Gasteiger partial charge is 0.396 e. The average molecular weight is 240 g/mol. The summed E-state index contributed by atoms with van der Waals surface area (Å²) >= 11 is 1.82. The zero-order valence-electron chi connectivity index (χ0n) is 10.2. The van der Waals surface area contributed by atoms with Crippen molar-refractivity contribution in [2.75, 3.05) is 13.2 Å². The van der Waals surface area contributed by atoms with Crippen LogP contribution in [0.2, 0.25) is 0 Å². The van der Waals surface area contributed by atoms with E-state index in [-0.39, 0.29) is 24.0 Å². The average Bonchev–Trinajstić information content (AvgIpc) is 2.84. The summed E-state index contributed by atoms with van der Waals surface area (Å²) in [5.41, 5.74) is 0.205. The lowest BCUT2D eigenvalue weighted by molar-refractivity contribution is 0.0747. The SMILES string of the molecule is CC(C)(C)c1ccc(C2OCCC2CO)s1. The molecule has 0 aliphatic carbocycles. The number of thiophene rings is 1. The second-order valence-corrected chi connectivity index (χ2v) is 6.59. The van der Waals surface area contributed by atoms with Crippen LogP contribution in [-0.2, 0) is 10.2 Å². The van der Waals surface area contributed by atoms with Gasteiger partial charge < -0.3 is 9.84 Å². The molecule has 2 heterocycles. The summed E-state index contributed by atoms with van der Waals surface area (Å²) in [6.45, 7) is 7.68. The fourth-order valence-electron chi connectivity index (χ4n) is 2.04. The molecule has 0 bridgehead atoms. The summed E-state index contributed by atoms with van der Waals surface area (Å²) < 4.78 is 5.72. The molecule has 0 radical (unpaired) electrons. The summed E-state index contributed by atoms with van der Waals surface area (Å²) in [6.07, 6.45) is 1.09. The van der Waals surface area contributed by atoms with E-state index in [1.807, 2.05) is 11.3 Å². The summed E-state index contributed by atoms with van der Waals surface area (Å²) in [7, 11) is 0. The van der Waals surface area contributed by atoms with Crippen molar-refractivity contribution in [2.24, 2.45) is 5.92 Å². The van der Waals surface area contributed by atoms with E-state index in [9.17, 15) is 5.11 Å². The number of rotatable bonds is 2. The molecule has 2 nitrogen and oxygen atoms in total. The Labute approximate surface area is 101 Å².